The monoisotopic (exact) mass is 431 g/mol. The molecule has 1 fully saturated rings. The summed E-state index contributed by atoms with van der Waals surface area (Å²) in [5.41, 5.74) is 3.20. The largest absolute Gasteiger partial charge is 0.303 e. The van der Waals surface area contributed by atoms with E-state index < -0.39 is 10.0 Å². The second kappa shape index (κ2) is 8.29. The van der Waals surface area contributed by atoms with Crippen LogP contribution in [-0.4, -0.2) is 41.9 Å². The molecule has 0 spiro atoms. The van der Waals surface area contributed by atoms with E-state index in [0.717, 1.165) is 23.9 Å². The molecule has 4 aromatic rings. The average molecular weight is 432 g/mol. The first kappa shape index (κ1) is 20.0. The number of likely N-dealkylation sites (tertiary alicyclic amines) is 1. The molecule has 0 amide bonds. The fourth-order valence-corrected chi connectivity index (χ4v) is 5.80. The second-order valence-corrected chi connectivity index (χ2v) is 9.81. The summed E-state index contributed by atoms with van der Waals surface area (Å²) < 4.78 is 28.4. The van der Waals surface area contributed by atoms with Crippen molar-refractivity contribution >= 4 is 21.1 Å². The summed E-state index contributed by atoms with van der Waals surface area (Å²) in [6, 6.07) is 22.4. The van der Waals surface area contributed by atoms with Gasteiger partial charge in [-0.25, -0.2) is 17.4 Å². The molecule has 5 nitrogen and oxygen atoms in total. The maximum Gasteiger partial charge on any atom is 0.269 e. The van der Waals surface area contributed by atoms with Gasteiger partial charge in [-0.2, -0.15) is 0 Å². The van der Waals surface area contributed by atoms with Crippen molar-refractivity contribution in [3.63, 3.8) is 0 Å². The summed E-state index contributed by atoms with van der Waals surface area (Å²) in [6.07, 6.45) is 5.23. The van der Waals surface area contributed by atoms with Crippen molar-refractivity contribution in [3.05, 3.63) is 84.6 Å². The number of hydrogen-bond donors (Lipinski definition) is 0. The lowest BCUT2D eigenvalue weighted by Gasteiger charge is -2.15. The molecule has 1 aliphatic rings. The molecule has 0 unspecified atom stereocenters. The molecule has 0 radical (unpaired) electrons. The van der Waals surface area contributed by atoms with Gasteiger partial charge in [0.1, 0.15) is 0 Å². The van der Waals surface area contributed by atoms with Crippen LogP contribution >= 0.6 is 0 Å². The molecule has 1 saturated heterocycles. The normalized spacial score (nSPS) is 15.0. The van der Waals surface area contributed by atoms with Crippen molar-refractivity contribution in [2.45, 2.75) is 24.2 Å². The summed E-state index contributed by atoms with van der Waals surface area (Å²) >= 11 is 0. The first-order valence-electron chi connectivity index (χ1n) is 10.7. The Morgan fingerprint density at radius 2 is 1.61 bits per heavy atom. The highest BCUT2D eigenvalue weighted by molar-refractivity contribution is 7.90. The van der Waals surface area contributed by atoms with Crippen LogP contribution in [0.3, 0.4) is 0 Å². The van der Waals surface area contributed by atoms with Gasteiger partial charge in [0, 0.05) is 18.1 Å². The maximum atomic E-state index is 13.5. The Labute approximate surface area is 183 Å². The lowest BCUT2D eigenvalue weighted by Crippen LogP contribution is -2.21. The number of pyridine rings is 1. The predicted octanol–water partition coefficient (Wildman–Crippen LogP) is 4.58. The number of hydrogen-bond acceptors (Lipinski definition) is 4. The first-order valence-corrected chi connectivity index (χ1v) is 12.2. The van der Waals surface area contributed by atoms with Crippen LogP contribution in [0.15, 0.2) is 83.9 Å². The Morgan fingerprint density at radius 1 is 0.871 bits per heavy atom. The highest BCUT2D eigenvalue weighted by Crippen LogP contribution is 2.31. The molecule has 2 aromatic heterocycles. The van der Waals surface area contributed by atoms with Crippen molar-refractivity contribution in [2.75, 3.05) is 19.6 Å². The van der Waals surface area contributed by atoms with Crippen LogP contribution in [0.5, 0.6) is 0 Å². The van der Waals surface area contributed by atoms with Crippen LogP contribution in [-0.2, 0) is 16.4 Å². The molecule has 3 heterocycles. The molecular formula is C25H25N3O2S. The van der Waals surface area contributed by atoms with E-state index in [2.05, 4.69) is 22.0 Å². The van der Waals surface area contributed by atoms with E-state index in [1.165, 1.54) is 35.5 Å². The lowest BCUT2D eigenvalue weighted by molar-refractivity contribution is 0.343. The molecule has 158 valence electrons. The predicted molar refractivity (Wildman–Crippen MR) is 124 cm³/mol. The summed E-state index contributed by atoms with van der Waals surface area (Å²) in [5.74, 6) is 0. The second-order valence-electron chi connectivity index (χ2n) is 8.02. The molecule has 5 rings (SSSR count). The molecule has 6 heteroatoms. The Bertz CT molecular complexity index is 1290. The van der Waals surface area contributed by atoms with E-state index in [4.69, 9.17) is 0 Å². The minimum absolute atomic E-state index is 0.252. The van der Waals surface area contributed by atoms with Crippen LogP contribution in [0.25, 0.3) is 22.3 Å². The van der Waals surface area contributed by atoms with Crippen LogP contribution in [0.2, 0.25) is 0 Å². The van der Waals surface area contributed by atoms with Gasteiger partial charge in [-0.05, 0) is 73.8 Å². The molecule has 0 N–H and O–H groups in total. The molecule has 0 bridgehead atoms. The smallest absolute Gasteiger partial charge is 0.269 e. The van der Waals surface area contributed by atoms with Crippen LogP contribution in [0, 0.1) is 0 Å². The number of rotatable bonds is 6. The van der Waals surface area contributed by atoms with Crippen LogP contribution in [0.4, 0.5) is 0 Å². The van der Waals surface area contributed by atoms with E-state index in [0.29, 0.717) is 11.3 Å². The van der Waals surface area contributed by atoms with E-state index in [1.807, 2.05) is 36.4 Å². The molecule has 0 atom stereocenters. The van der Waals surface area contributed by atoms with E-state index in [-0.39, 0.29) is 4.90 Å². The highest BCUT2D eigenvalue weighted by Gasteiger charge is 2.24. The zero-order chi connectivity index (χ0) is 21.3. The Morgan fingerprint density at radius 3 is 2.35 bits per heavy atom. The Hall–Kier alpha value is -2.96. The third-order valence-corrected chi connectivity index (χ3v) is 7.69. The van der Waals surface area contributed by atoms with Crippen LogP contribution in [0.1, 0.15) is 18.4 Å². The number of nitrogens with zero attached hydrogens (tertiary/aromatic N) is 3. The molecule has 0 aliphatic carbocycles. The first-order chi connectivity index (χ1) is 15.1. The maximum absolute atomic E-state index is 13.5. The van der Waals surface area contributed by atoms with Crippen molar-refractivity contribution in [1.29, 1.82) is 0 Å². The summed E-state index contributed by atoms with van der Waals surface area (Å²) in [5, 5.41) is 0.801. The summed E-state index contributed by atoms with van der Waals surface area (Å²) in [4.78, 5) is 7.14. The van der Waals surface area contributed by atoms with Gasteiger partial charge < -0.3 is 4.90 Å². The van der Waals surface area contributed by atoms with Crippen molar-refractivity contribution in [3.8, 4) is 11.3 Å². The lowest BCUT2D eigenvalue weighted by atomic mass is 10.1. The van der Waals surface area contributed by atoms with Crippen molar-refractivity contribution in [1.82, 2.24) is 13.9 Å². The minimum atomic E-state index is -3.78. The fraction of sp³-hybridized carbons (Fsp3) is 0.240. The summed E-state index contributed by atoms with van der Waals surface area (Å²) in [6.45, 7) is 3.47. The van der Waals surface area contributed by atoms with Gasteiger partial charge in [0.15, 0.2) is 5.65 Å². The summed E-state index contributed by atoms with van der Waals surface area (Å²) in [7, 11) is -3.78. The van der Waals surface area contributed by atoms with Crippen molar-refractivity contribution in [2.24, 2.45) is 0 Å². The molecule has 31 heavy (non-hydrogen) atoms. The van der Waals surface area contributed by atoms with Gasteiger partial charge in [-0.3, -0.25) is 0 Å². The SMILES string of the molecule is O=S(=O)(c1ccccc1)n1c(-c2ccc(CCN3CCCC3)cc2)cc2cccnc21. The minimum Gasteiger partial charge on any atom is -0.303 e. The molecule has 1 aliphatic heterocycles. The van der Waals surface area contributed by atoms with Crippen molar-refractivity contribution < 1.29 is 8.42 Å². The zero-order valence-corrected chi connectivity index (χ0v) is 18.1. The third-order valence-electron chi connectivity index (χ3n) is 5.97. The van der Waals surface area contributed by atoms with Crippen LogP contribution < -0.4 is 0 Å². The fourth-order valence-electron chi connectivity index (χ4n) is 4.29. The Balaban J connectivity index is 1.53. The van der Waals surface area contributed by atoms with E-state index >= 15 is 0 Å². The average Bonchev–Trinajstić information content (AvgIpc) is 3.47. The Kier molecular flexibility index (Phi) is 5.34. The number of aromatic nitrogens is 2. The highest BCUT2D eigenvalue weighted by atomic mass is 32.2. The van der Waals surface area contributed by atoms with E-state index in [1.54, 1.807) is 30.5 Å². The molecule has 2 aromatic carbocycles. The van der Waals surface area contributed by atoms with Gasteiger partial charge in [-0.15, -0.1) is 0 Å². The quantitative estimate of drug-likeness (QED) is 0.448. The zero-order valence-electron chi connectivity index (χ0n) is 17.3. The van der Waals surface area contributed by atoms with Gasteiger partial charge >= 0.3 is 0 Å². The topological polar surface area (TPSA) is 55.2 Å². The van der Waals surface area contributed by atoms with Gasteiger partial charge in [0.2, 0.25) is 0 Å². The molecular weight excluding hydrogens is 406 g/mol. The van der Waals surface area contributed by atoms with Gasteiger partial charge in [0.05, 0.1) is 10.6 Å². The third kappa shape index (κ3) is 3.89. The number of benzene rings is 2. The van der Waals surface area contributed by atoms with Gasteiger partial charge in [-0.1, -0.05) is 42.5 Å². The molecule has 0 saturated carbocycles. The number of fused-ring (bicyclic) bond motifs is 1. The van der Waals surface area contributed by atoms with E-state index in [9.17, 15) is 8.42 Å². The standard InChI is InChI=1S/C25H25N3O2S/c29-31(30,23-8-2-1-3-9-23)28-24(19-22-7-6-15-26-25(22)28)21-12-10-20(11-13-21)14-18-27-16-4-5-17-27/h1-3,6-13,15,19H,4-5,14,16-18H2. The van der Waals surface area contributed by atoms with Gasteiger partial charge in [0.25, 0.3) is 10.0 Å².